The van der Waals surface area contributed by atoms with Crippen molar-refractivity contribution >= 4 is 23.1 Å². The maximum atomic E-state index is 4.16. The van der Waals surface area contributed by atoms with Gasteiger partial charge in [0.1, 0.15) is 5.51 Å². The minimum absolute atomic E-state index is 0.659. The number of nitrogens with one attached hydrogen (secondary N) is 1. The van der Waals surface area contributed by atoms with Crippen molar-refractivity contribution in [2.45, 2.75) is 61.1 Å². The summed E-state index contributed by atoms with van der Waals surface area (Å²) in [5, 5.41) is 12.5. The third-order valence-electron chi connectivity index (χ3n) is 3.20. The Morgan fingerprint density at radius 3 is 3.06 bits per heavy atom. The average Bonchev–Trinajstić information content (AvgIpc) is 2.74. The zero-order chi connectivity index (χ0) is 11.9. The summed E-state index contributed by atoms with van der Waals surface area (Å²) in [6.45, 7) is 3.37. The lowest BCUT2D eigenvalue weighted by Gasteiger charge is -2.24. The second-order valence-corrected chi connectivity index (χ2v) is 6.88. The second kappa shape index (κ2) is 7.34. The smallest absolute Gasteiger partial charge is 0.174 e. The van der Waals surface area contributed by atoms with E-state index in [-0.39, 0.29) is 0 Å². The van der Waals surface area contributed by atoms with Crippen molar-refractivity contribution in [2.24, 2.45) is 0 Å². The van der Waals surface area contributed by atoms with Crippen molar-refractivity contribution in [1.82, 2.24) is 15.5 Å². The Morgan fingerprint density at radius 1 is 1.41 bits per heavy atom. The van der Waals surface area contributed by atoms with E-state index in [1.807, 2.05) is 17.3 Å². The molecule has 0 amide bonds. The summed E-state index contributed by atoms with van der Waals surface area (Å²) in [5.41, 5.74) is 1.83. The highest BCUT2D eigenvalue weighted by Crippen LogP contribution is 2.33. The summed E-state index contributed by atoms with van der Waals surface area (Å²) in [6.07, 6.45) is 7.96. The van der Waals surface area contributed by atoms with Crippen molar-refractivity contribution in [1.29, 1.82) is 0 Å². The fraction of sp³-hybridized carbons (Fsp3) is 0.833. The van der Waals surface area contributed by atoms with E-state index in [0.29, 0.717) is 11.3 Å². The van der Waals surface area contributed by atoms with E-state index in [1.165, 1.54) is 38.5 Å². The minimum Gasteiger partial charge on any atom is -0.313 e. The molecule has 3 nitrogen and oxygen atoms in total. The maximum absolute atomic E-state index is 4.16. The van der Waals surface area contributed by atoms with Crippen LogP contribution in [0.15, 0.2) is 9.85 Å². The molecule has 96 valence electrons. The van der Waals surface area contributed by atoms with E-state index in [2.05, 4.69) is 22.4 Å². The van der Waals surface area contributed by atoms with E-state index in [0.717, 1.165) is 10.9 Å². The first-order chi connectivity index (χ1) is 8.40. The van der Waals surface area contributed by atoms with Gasteiger partial charge >= 0.3 is 0 Å². The molecule has 1 N–H and O–H groups in total. The number of rotatable bonds is 5. The molecule has 1 heterocycles. The van der Waals surface area contributed by atoms with Crippen LogP contribution in [0.4, 0.5) is 0 Å². The van der Waals surface area contributed by atoms with Gasteiger partial charge in [-0.1, -0.05) is 49.3 Å². The van der Waals surface area contributed by atoms with Crippen molar-refractivity contribution in [3.8, 4) is 0 Å². The van der Waals surface area contributed by atoms with Gasteiger partial charge in [0.25, 0.3) is 0 Å². The van der Waals surface area contributed by atoms with E-state index < -0.39 is 0 Å². The monoisotopic (exact) mass is 271 g/mol. The highest BCUT2D eigenvalue weighted by molar-refractivity contribution is 8.01. The van der Waals surface area contributed by atoms with Crippen LogP contribution >= 0.6 is 23.1 Å². The highest BCUT2D eigenvalue weighted by atomic mass is 32.2. The lowest BCUT2D eigenvalue weighted by molar-refractivity contribution is 0.470. The van der Waals surface area contributed by atoms with Crippen molar-refractivity contribution in [3.05, 3.63) is 5.51 Å². The van der Waals surface area contributed by atoms with Gasteiger partial charge in [-0.2, -0.15) is 0 Å². The zero-order valence-corrected chi connectivity index (χ0v) is 12.0. The molecule has 2 atom stereocenters. The quantitative estimate of drug-likeness (QED) is 0.834. The van der Waals surface area contributed by atoms with Crippen LogP contribution in [-0.2, 0) is 0 Å². The Hall–Kier alpha value is -0.130. The van der Waals surface area contributed by atoms with Gasteiger partial charge in [-0.15, -0.1) is 10.2 Å². The van der Waals surface area contributed by atoms with Crippen LogP contribution in [0.5, 0.6) is 0 Å². The van der Waals surface area contributed by atoms with Gasteiger partial charge in [0.2, 0.25) is 0 Å². The maximum Gasteiger partial charge on any atom is 0.174 e. The van der Waals surface area contributed by atoms with Crippen LogP contribution in [-0.4, -0.2) is 28.0 Å². The molecule has 0 radical (unpaired) electrons. The minimum atomic E-state index is 0.659. The zero-order valence-electron chi connectivity index (χ0n) is 10.4. The highest BCUT2D eigenvalue weighted by Gasteiger charge is 2.24. The number of hydrogen-bond acceptors (Lipinski definition) is 5. The summed E-state index contributed by atoms with van der Waals surface area (Å²) < 4.78 is 1.13. The second-order valence-electron chi connectivity index (χ2n) is 4.56. The van der Waals surface area contributed by atoms with Crippen LogP contribution in [0.2, 0.25) is 0 Å². The lowest BCUT2D eigenvalue weighted by Crippen LogP contribution is -2.37. The average molecular weight is 271 g/mol. The Labute approximate surface area is 112 Å². The van der Waals surface area contributed by atoms with Crippen LogP contribution in [0.1, 0.15) is 45.4 Å². The molecule has 0 bridgehead atoms. The Kier molecular flexibility index (Phi) is 5.74. The van der Waals surface area contributed by atoms with Crippen LogP contribution in [0.25, 0.3) is 0 Å². The predicted octanol–water partition coefficient (Wildman–Crippen LogP) is 3.33. The molecular formula is C12H21N3S2. The molecule has 17 heavy (non-hydrogen) atoms. The van der Waals surface area contributed by atoms with Gasteiger partial charge in [-0.3, -0.25) is 0 Å². The fourth-order valence-electron chi connectivity index (χ4n) is 2.32. The van der Waals surface area contributed by atoms with Crippen molar-refractivity contribution in [2.75, 3.05) is 6.54 Å². The summed E-state index contributed by atoms with van der Waals surface area (Å²) in [6, 6.07) is 0.659. The van der Waals surface area contributed by atoms with E-state index >= 15 is 0 Å². The third kappa shape index (κ3) is 4.23. The van der Waals surface area contributed by atoms with Crippen LogP contribution < -0.4 is 5.32 Å². The van der Waals surface area contributed by atoms with Gasteiger partial charge in [0, 0.05) is 11.3 Å². The SMILES string of the molecule is CCCNC1CCCCCC1Sc1nncs1. The molecule has 0 spiro atoms. The third-order valence-corrected chi connectivity index (χ3v) is 5.41. The molecule has 1 saturated carbocycles. The Balaban J connectivity index is 1.93. The molecule has 0 saturated heterocycles. The molecule has 1 aliphatic rings. The number of thioether (sulfide) groups is 1. The van der Waals surface area contributed by atoms with E-state index in [1.54, 1.807) is 11.3 Å². The normalized spacial score (nSPS) is 25.7. The summed E-state index contributed by atoms with van der Waals surface area (Å²) in [4.78, 5) is 0. The molecule has 1 aliphatic carbocycles. The van der Waals surface area contributed by atoms with Gasteiger partial charge < -0.3 is 5.32 Å². The number of hydrogen-bond donors (Lipinski definition) is 1. The topological polar surface area (TPSA) is 37.8 Å². The van der Waals surface area contributed by atoms with Crippen molar-refractivity contribution in [3.63, 3.8) is 0 Å². The Bertz CT molecular complexity index is 303. The molecular weight excluding hydrogens is 250 g/mol. The first kappa shape index (κ1) is 13.3. The van der Waals surface area contributed by atoms with Crippen LogP contribution in [0.3, 0.4) is 0 Å². The summed E-state index contributed by atoms with van der Waals surface area (Å²) in [7, 11) is 0. The first-order valence-corrected chi connectivity index (χ1v) is 8.32. The Morgan fingerprint density at radius 2 is 2.29 bits per heavy atom. The molecule has 2 rings (SSSR count). The van der Waals surface area contributed by atoms with Gasteiger partial charge in [0.05, 0.1) is 0 Å². The summed E-state index contributed by atoms with van der Waals surface area (Å²) >= 11 is 3.59. The van der Waals surface area contributed by atoms with Gasteiger partial charge in [0.15, 0.2) is 4.34 Å². The molecule has 1 fully saturated rings. The largest absolute Gasteiger partial charge is 0.313 e. The molecule has 5 heteroatoms. The van der Waals surface area contributed by atoms with Gasteiger partial charge in [-0.25, -0.2) is 0 Å². The van der Waals surface area contributed by atoms with Gasteiger partial charge in [-0.05, 0) is 25.8 Å². The van der Waals surface area contributed by atoms with E-state index in [4.69, 9.17) is 0 Å². The molecule has 1 aromatic heterocycles. The number of aromatic nitrogens is 2. The van der Waals surface area contributed by atoms with E-state index in [9.17, 15) is 0 Å². The molecule has 1 aromatic rings. The first-order valence-electron chi connectivity index (χ1n) is 6.56. The van der Waals surface area contributed by atoms with Crippen LogP contribution in [0, 0.1) is 0 Å². The molecule has 0 aromatic carbocycles. The molecule has 2 unspecified atom stereocenters. The summed E-state index contributed by atoms with van der Waals surface area (Å²) in [5.74, 6) is 0. The fourth-order valence-corrected chi connectivity index (χ4v) is 4.36. The number of nitrogens with zero attached hydrogens (tertiary/aromatic N) is 2. The van der Waals surface area contributed by atoms with Crippen molar-refractivity contribution < 1.29 is 0 Å². The predicted molar refractivity (Wildman–Crippen MR) is 74.7 cm³/mol. The lowest BCUT2D eigenvalue weighted by atomic mass is 10.1. The standard InChI is InChI=1S/C12H21N3S2/c1-2-8-13-10-6-4-3-5-7-11(10)17-12-15-14-9-16-12/h9-11,13H,2-8H2,1H3. The molecule has 0 aliphatic heterocycles.